The summed E-state index contributed by atoms with van der Waals surface area (Å²) in [5.41, 5.74) is 0. The molecule has 21 heavy (non-hydrogen) atoms. The third-order valence-electron chi connectivity index (χ3n) is 4.54. The lowest BCUT2D eigenvalue weighted by Gasteiger charge is -2.38. The summed E-state index contributed by atoms with van der Waals surface area (Å²) in [6.07, 6.45) is 16.4. The molecule has 0 aromatic heterocycles. The van der Waals surface area contributed by atoms with Crippen LogP contribution in [0, 0.1) is 5.92 Å². The average Bonchev–Trinajstić information content (AvgIpc) is 2.86. The number of hydrogen-bond donors (Lipinski definition) is 0. The molecule has 0 bridgehead atoms. The molecule has 0 radical (unpaired) electrons. The molecule has 0 amide bonds. The van der Waals surface area contributed by atoms with Crippen LogP contribution in [0.4, 0.5) is 0 Å². The first-order valence-electron chi connectivity index (χ1n) is 9.29. The Balaban J connectivity index is 2.18. The molecule has 1 unspecified atom stereocenters. The Morgan fingerprint density at radius 1 is 0.810 bits per heavy atom. The van der Waals surface area contributed by atoms with Crippen LogP contribution in [0.25, 0.3) is 0 Å². The topological polar surface area (TPSA) is 6.48 Å². The summed E-state index contributed by atoms with van der Waals surface area (Å²) in [5.74, 6) is 0.677. The minimum absolute atomic E-state index is 0.564. The molecule has 2 nitrogen and oxygen atoms in total. The van der Waals surface area contributed by atoms with Gasteiger partial charge in [0.25, 0.3) is 0 Å². The zero-order valence-corrected chi connectivity index (χ0v) is 15.1. The molecule has 1 heterocycles. The van der Waals surface area contributed by atoms with E-state index in [0.29, 0.717) is 18.1 Å². The van der Waals surface area contributed by atoms with Crippen LogP contribution in [0.3, 0.4) is 0 Å². The van der Waals surface area contributed by atoms with Crippen molar-refractivity contribution in [1.82, 2.24) is 9.80 Å². The maximum atomic E-state index is 2.56. The first-order valence-corrected chi connectivity index (χ1v) is 9.29. The highest BCUT2D eigenvalue weighted by Gasteiger charge is 2.29. The van der Waals surface area contributed by atoms with E-state index in [1.807, 2.05) is 0 Å². The summed E-state index contributed by atoms with van der Waals surface area (Å²) in [7, 11) is 0. The van der Waals surface area contributed by atoms with Crippen LogP contribution in [0.15, 0.2) is 12.4 Å². The Kier molecular flexibility index (Phi) is 8.87. The number of hydrogen-bond acceptors (Lipinski definition) is 2. The molecule has 1 aliphatic heterocycles. The van der Waals surface area contributed by atoms with Crippen LogP contribution in [0.5, 0.6) is 0 Å². The molecule has 0 N–H and O–H groups in total. The van der Waals surface area contributed by atoms with Gasteiger partial charge in [0.15, 0.2) is 0 Å². The second kappa shape index (κ2) is 10.1. The quantitative estimate of drug-likeness (QED) is 0.457. The predicted molar refractivity (Wildman–Crippen MR) is 94.1 cm³/mol. The van der Waals surface area contributed by atoms with Crippen LogP contribution in [0.1, 0.15) is 86.0 Å². The first-order chi connectivity index (χ1) is 10.1. The normalized spacial score (nSPS) is 18.5. The van der Waals surface area contributed by atoms with Crippen molar-refractivity contribution in [3.05, 3.63) is 12.4 Å². The van der Waals surface area contributed by atoms with Gasteiger partial charge in [-0.2, -0.15) is 0 Å². The second-order valence-corrected chi connectivity index (χ2v) is 7.21. The largest absolute Gasteiger partial charge is 0.356 e. The highest BCUT2D eigenvalue weighted by Crippen LogP contribution is 2.25. The summed E-state index contributed by atoms with van der Waals surface area (Å²) in [4.78, 5) is 5.07. The van der Waals surface area contributed by atoms with Crippen molar-refractivity contribution in [2.75, 3.05) is 6.54 Å². The van der Waals surface area contributed by atoms with Gasteiger partial charge in [0.1, 0.15) is 6.17 Å². The zero-order chi connectivity index (χ0) is 15.7. The fourth-order valence-corrected chi connectivity index (χ4v) is 3.35. The SMILES string of the molecule is CCCCCCCCCCN1C=CN(C(C)C)C1C(C)C. The molecule has 2 heteroatoms. The second-order valence-electron chi connectivity index (χ2n) is 7.21. The van der Waals surface area contributed by atoms with E-state index in [4.69, 9.17) is 0 Å². The Morgan fingerprint density at radius 3 is 1.90 bits per heavy atom. The number of rotatable bonds is 11. The van der Waals surface area contributed by atoms with E-state index in [9.17, 15) is 0 Å². The molecule has 0 saturated carbocycles. The molecule has 0 saturated heterocycles. The van der Waals surface area contributed by atoms with Gasteiger partial charge in [-0.3, -0.25) is 0 Å². The van der Waals surface area contributed by atoms with Gasteiger partial charge in [-0.05, 0) is 26.2 Å². The van der Waals surface area contributed by atoms with Gasteiger partial charge in [-0.15, -0.1) is 0 Å². The van der Waals surface area contributed by atoms with Crippen LogP contribution >= 0.6 is 0 Å². The molecule has 1 rings (SSSR count). The van der Waals surface area contributed by atoms with Crippen molar-refractivity contribution in [1.29, 1.82) is 0 Å². The molecule has 0 aliphatic carbocycles. The van der Waals surface area contributed by atoms with E-state index >= 15 is 0 Å². The number of unbranched alkanes of at least 4 members (excludes halogenated alkanes) is 7. The van der Waals surface area contributed by atoms with Gasteiger partial charge in [-0.1, -0.05) is 65.7 Å². The van der Waals surface area contributed by atoms with Crippen molar-refractivity contribution >= 4 is 0 Å². The van der Waals surface area contributed by atoms with Crippen molar-refractivity contribution < 1.29 is 0 Å². The summed E-state index contributed by atoms with van der Waals surface area (Å²) >= 11 is 0. The monoisotopic (exact) mass is 294 g/mol. The maximum absolute atomic E-state index is 2.56. The molecule has 0 fully saturated rings. The smallest absolute Gasteiger partial charge is 0.103 e. The lowest BCUT2D eigenvalue weighted by atomic mass is 10.1. The molecular formula is C19H38N2. The minimum Gasteiger partial charge on any atom is -0.356 e. The fraction of sp³-hybridized carbons (Fsp3) is 0.895. The average molecular weight is 295 g/mol. The van der Waals surface area contributed by atoms with E-state index in [2.05, 4.69) is 56.8 Å². The van der Waals surface area contributed by atoms with Crippen LogP contribution in [-0.2, 0) is 0 Å². The van der Waals surface area contributed by atoms with Gasteiger partial charge in [0.05, 0.1) is 0 Å². The van der Waals surface area contributed by atoms with Crippen molar-refractivity contribution in [3.63, 3.8) is 0 Å². The van der Waals surface area contributed by atoms with Crippen molar-refractivity contribution in [2.24, 2.45) is 5.92 Å². The van der Waals surface area contributed by atoms with Gasteiger partial charge in [0.2, 0.25) is 0 Å². The van der Waals surface area contributed by atoms with E-state index < -0.39 is 0 Å². The van der Waals surface area contributed by atoms with Crippen LogP contribution in [0.2, 0.25) is 0 Å². The van der Waals surface area contributed by atoms with Gasteiger partial charge >= 0.3 is 0 Å². The van der Waals surface area contributed by atoms with Gasteiger partial charge < -0.3 is 9.80 Å². The zero-order valence-electron chi connectivity index (χ0n) is 15.1. The Hall–Kier alpha value is -0.660. The maximum Gasteiger partial charge on any atom is 0.103 e. The standard InChI is InChI=1S/C19H38N2/c1-6-7-8-9-10-11-12-13-14-20-15-16-21(18(4)5)19(20)17(2)3/h15-19H,6-14H2,1-5H3. The predicted octanol–water partition coefficient (Wildman–Crippen LogP) is 5.61. The van der Waals surface area contributed by atoms with E-state index in [0.717, 1.165) is 0 Å². The fourth-order valence-electron chi connectivity index (χ4n) is 3.35. The van der Waals surface area contributed by atoms with Crippen LogP contribution < -0.4 is 0 Å². The van der Waals surface area contributed by atoms with Gasteiger partial charge in [-0.25, -0.2) is 0 Å². The molecule has 124 valence electrons. The lowest BCUT2D eigenvalue weighted by molar-refractivity contribution is 0.0843. The molecule has 0 aromatic rings. The Labute approximate surface area is 133 Å². The van der Waals surface area contributed by atoms with E-state index in [-0.39, 0.29) is 0 Å². The summed E-state index contributed by atoms with van der Waals surface area (Å²) < 4.78 is 0. The first kappa shape index (κ1) is 18.4. The summed E-state index contributed by atoms with van der Waals surface area (Å²) in [6.45, 7) is 12.8. The highest BCUT2D eigenvalue weighted by atomic mass is 15.4. The van der Waals surface area contributed by atoms with Crippen molar-refractivity contribution in [3.8, 4) is 0 Å². The third-order valence-corrected chi connectivity index (χ3v) is 4.54. The minimum atomic E-state index is 0.564. The molecule has 1 atom stereocenters. The number of nitrogens with zero attached hydrogens (tertiary/aromatic N) is 2. The summed E-state index contributed by atoms with van der Waals surface area (Å²) in [5, 5.41) is 0. The van der Waals surface area contributed by atoms with Crippen molar-refractivity contribution in [2.45, 2.75) is 98.2 Å². The molecule has 0 spiro atoms. The van der Waals surface area contributed by atoms with E-state index in [1.54, 1.807) is 0 Å². The molecule has 0 aromatic carbocycles. The molecule has 1 aliphatic rings. The third kappa shape index (κ3) is 6.32. The molecular weight excluding hydrogens is 256 g/mol. The van der Waals surface area contributed by atoms with E-state index in [1.165, 1.54) is 57.9 Å². The van der Waals surface area contributed by atoms with Crippen LogP contribution in [-0.4, -0.2) is 28.6 Å². The lowest BCUT2D eigenvalue weighted by Crippen LogP contribution is -2.45. The highest BCUT2D eigenvalue weighted by molar-refractivity contribution is 4.99. The Morgan fingerprint density at radius 2 is 1.38 bits per heavy atom. The Bertz CT molecular complexity index is 283. The summed E-state index contributed by atoms with van der Waals surface area (Å²) in [6, 6.07) is 0.595. The van der Waals surface area contributed by atoms with Gasteiger partial charge in [0, 0.05) is 25.0 Å².